The van der Waals surface area contributed by atoms with E-state index in [0.29, 0.717) is 0 Å². The first-order chi connectivity index (χ1) is 6.38. The second-order valence-electron chi connectivity index (χ2n) is 3.43. The van der Waals surface area contributed by atoms with E-state index >= 15 is 0 Å². The van der Waals surface area contributed by atoms with Crippen molar-refractivity contribution >= 4 is 0 Å². The molecule has 0 aliphatic carbocycles. The number of hydrogen-bond donors (Lipinski definition) is 0. The van der Waals surface area contributed by atoms with Gasteiger partial charge >= 0.3 is 0 Å². The highest BCUT2D eigenvalue weighted by molar-refractivity contribution is 5.07. The van der Waals surface area contributed by atoms with Gasteiger partial charge in [-0.3, -0.25) is 0 Å². The second-order valence-corrected chi connectivity index (χ2v) is 3.43. The van der Waals surface area contributed by atoms with Gasteiger partial charge in [0.1, 0.15) is 5.76 Å². The van der Waals surface area contributed by atoms with E-state index in [1.807, 2.05) is 0 Å². The molecular weight excluding hydrogens is 162 g/mol. The van der Waals surface area contributed by atoms with Gasteiger partial charge < -0.3 is 4.42 Å². The maximum Gasteiger partial charge on any atom is 0.181 e. The molecule has 0 aliphatic heterocycles. The Morgan fingerprint density at radius 1 is 1.15 bits per heavy atom. The van der Waals surface area contributed by atoms with Crippen LogP contribution in [0.4, 0.5) is 0 Å². The van der Waals surface area contributed by atoms with Gasteiger partial charge in [-0.05, 0) is 12.8 Å². The van der Waals surface area contributed by atoms with E-state index in [2.05, 4.69) is 18.8 Å². The fourth-order valence-corrected chi connectivity index (χ4v) is 1.47. The van der Waals surface area contributed by atoms with Crippen molar-refractivity contribution in [2.24, 2.45) is 0 Å². The summed E-state index contributed by atoms with van der Waals surface area (Å²) >= 11 is 0. The highest BCUT2D eigenvalue weighted by Crippen LogP contribution is 2.12. The maximum absolute atomic E-state index is 5.35. The normalized spacial score (nSPS) is 10.6. The van der Waals surface area contributed by atoms with Crippen LogP contribution in [0.15, 0.2) is 10.8 Å². The van der Waals surface area contributed by atoms with Crippen molar-refractivity contribution in [3.8, 4) is 0 Å². The first-order valence-electron chi connectivity index (χ1n) is 5.29. The summed E-state index contributed by atoms with van der Waals surface area (Å²) in [5.74, 6) is 1.11. The molecule has 0 amide bonds. The lowest BCUT2D eigenvalue weighted by molar-refractivity contribution is 0.488. The van der Waals surface area contributed by atoms with Gasteiger partial charge in [-0.25, -0.2) is 4.98 Å². The Balaban J connectivity index is 2.40. The molecule has 0 fully saturated rings. The molecule has 0 aromatic carbocycles. The van der Waals surface area contributed by atoms with Crippen molar-refractivity contribution in [3.05, 3.63) is 17.8 Å². The van der Waals surface area contributed by atoms with Crippen LogP contribution in [0.2, 0.25) is 0 Å². The number of nitrogens with zero attached hydrogens (tertiary/aromatic N) is 1. The fourth-order valence-electron chi connectivity index (χ4n) is 1.47. The zero-order chi connectivity index (χ0) is 9.52. The average Bonchev–Trinajstić information content (AvgIpc) is 2.54. The minimum Gasteiger partial charge on any atom is -0.448 e. The lowest BCUT2D eigenvalue weighted by atomic mass is 10.1. The van der Waals surface area contributed by atoms with Gasteiger partial charge in [0.2, 0.25) is 0 Å². The minimum absolute atomic E-state index is 1.05. The van der Waals surface area contributed by atoms with Crippen molar-refractivity contribution in [3.63, 3.8) is 0 Å². The molecule has 0 spiro atoms. The average molecular weight is 181 g/mol. The number of aromatic nitrogens is 1. The van der Waals surface area contributed by atoms with E-state index in [1.54, 1.807) is 6.39 Å². The van der Waals surface area contributed by atoms with Crippen molar-refractivity contribution in [1.82, 2.24) is 4.98 Å². The molecular formula is C11H19NO. The third kappa shape index (κ3) is 3.21. The second kappa shape index (κ2) is 5.79. The van der Waals surface area contributed by atoms with Crippen LogP contribution in [0.1, 0.15) is 51.0 Å². The first-order valence-corrected chi connectivity index (χ1v) is 5.29. The summed E-state index contributed by atoms with van der Waals surface area (Å²) in [5.41, 5.74) is 1.17. The van der Waals surface area contributed by atoms with Crippen molar-refractivity contribution in [2.45, 2.75) is 52.4 Å². The molecule has 2 heteroatoms. The van der Waals surface area contributed by atoms with Crippen molar-refractivity contribution < 1.29 is 4.42 Å². The number of unbranched alkanes of at least 4 members (excludes halogenated alkanes) is 2. The van der Waals surface area contributed by atoms with E-state index in [4.69, 9.17) is 4.42 Å². The van der Waals surface area contributed by atoms with Gasteiger partial charge in [0.25, 0.3) is 0 Å². The summed E-state index contributed by atoms with van der Waals surface area (Å²) < 4.78 is 5.35. The number of aryl methyl sites for hydroxylation is 2. The van der Waals surface area contributed by atoms with Gasteiger partial charge in [-0.2, -0.15) is 0 Å². The summed E-state index contributed by atoms with van der Waals surface area (Å²) in [6.45, 7) is 4.39. The fraction of sp³-hybridized carbons (Fsp3) is 0.727. The van der Waals surface area contributed by atoms with E-state index in [1.165, 1.54) is 25.0 Å². The van der Waals surface area contributed by atoms with Gasteiger partial charge in [-0.15, -0.1) is 0 Å². The molecule has 0 saturated heterocycles. The molecule has 0 radical (unpaired) electrons. The third-order valence-corrected chi connectivity index (χ3v) is 2.22. The third-order valence-electron chi connectivity index (χ3n) is 2.22. The van der Waals surface area contributed by atoms with Crippen LogP contribution in [0.3, 0.4) is 0 Å². The zero-order valence-electron chi connectivity index (χ0n) is 8.68. The Labute approximate surface area is 80.4 Å². The lowest BCUT2D eigenvalue weighted by Crippen LogP contribution is -1.91. The van der Waals surface area contributed by atoms with Crippen LogP contribution in [0.25, 0.3) is 0 Å². The molecule has 74 valence electrons. The standard InChI is InChI=1S/C11H19NO/c1-3-5-6-8-11-10(7-4-2)12-9-13-11/h9H,3-8H2,1-2H3. The summed E-state index contributed by atoms with van der Waals surface area (Å²) in [7, 11) is 0. The quantitative estimate of drug-likeness (QED) is 0.629. The van der Waals surface area contributed by atoms with Gasteiger partial charge in [0.15, 0.2) is 6.39 Å². The monoisotopic (exact) mass is 181 g/mol. The maximum atomic E-state index is 5.35. The van der Waals surface area contributed by atoms with Crippen LogP contribution < -0.4 is 0 Å². The summed E-state index contributed by atoms with van der Waals surface area (Å²) in [6, 6.07) is 0. The Kier molecular flexibility index (Phi) is 4.58. The molecule has 1 aromatic heterocycles. The van der Waals surface area contributed by atoms with E-state index in [0.717, 1.165) is 25.0 Å². The number of rotatable bonds is 6. The number of hydrogen-bond acceptors (Lipinski definition) is 2. The zero-order valence-corrected chi connectivity index (χ0v) is 8.68. The highest BCUT2D eigenvalue weighted by atomic mass is 16.3. The van der Waals surface area contributed by atoms with Crippen LogP contribution in [-0.2, 0) is 12.8 Å². The smallest absolute Gasteiger partial charge is 0.181 e. The first kappa shape index (κ1) is 10.3. The predicted octanol–water partition coefficient (Wildman–Crippen LogP) is 3.36. The minimum atomic E-state index is 1.05. The van der Waals surface area contributed by atoms with E-state index in [-0.39, 0.29) is 0 Å². The SMILES string of the molecule is CCCCCc1ocnc1CCC. The summed E-state index contributed by atoms with van der Waals surface area (Å²) in [4.78, 5) is 4.22. The molecule has 0 saturated carbocycles. The molecule has 13 heavy (non-hydrogen) atoms. The number of oxazole rings is 1. The van der Waals surface area contributed by atoms with Crippen LogP contribution in [0, 0.1) is 0 Å². The van der Waals surface area contributed by atoms with Crippen LogP contribution >= 0.6 is 0 Å². The molecule has 0 bridgehead atoms. The van der Waals surface area contributed by atoms with Crippen molar-refractivity contribution in [1.29, 1.82) is 0 Å². The van der Waals surface area contributed by atoms with E-state index < -0.39 is 0 Å². The van der Waals surface area contributed by atoms with Gasteiger partial charge in [-0.1, -0.05) is 33.1 Å². The Morgan fingerprint density at radius 2 is 2.00 bits per heavy atom. The highest BCUT2D eigenvalue weighted by Gasteiger charge is 2.05. The molecule has 0 aliphatic rings. The topological polar surface area (TPSA) is 26.0 Å². The largest absolute Gasteiger partial charge is 0.448 e. The molecule has 0 N–H and O–H groups in total. The summed E-state index contributed by atoms with van der Waals surface area (Å²) in [6.07, 6.45) is 8.60. The molecule has 1 heterocycles. The molecule has 2 nitrogen and oxygen atoms in total. The molecule has 0 unspecified atom stereocenters. The van der Waals surface area contributed by atoms with Crippen LogP contribution in [-0.4, -0.2) is 4.98 Å². The van der Waals surface area contributed by atoms with E-state index in [9.17, 15) is 0 Å². The lowest BCUT2D eigenvalue weighted by Gasteiger charge is -1.98. The summed E-state index contributed by atoms with van der Waals surface area (Å²) in [5, 5.41) is 0. The van der Waals surface area contributed by atoms with Crippen molar-refractivity contribution in [2.75, 3.05) is 0 Å². The van der Waals surface area contributed by atoms with Gasteiger partial charge in [0, 0.05) is 6.42 Å². The Bertz CT molecular complexity index is 230. The molecule has 1 rings (SSSR count). The Morgan fingerprint density at radius 3 is 2.69 bits per heavy atom. The molecule has 1 aromatic rings. The van der Waals surface area contributed by atoms with Gasteiger partial charge in [0.05, 0.1) is 5.69 Å². The Hall–Kier alpha value is -0.790. The molecule has 0 atom stereocenters. The van der Waals surface area contributed by atoms with Crippen LogP contribution in [0.5, 0.6) is 0 Å². The predicted molar refractivity (Wildman–Crippen MR) is 53.7 cm³/mol.